The van der Waals surface area contributed by atoms with Gasteiger partial charge >= 0.3 is 5.97 Å². The summed E-state index contributed by atoms with van der Waals surface area (Å²) in [5.41, 5.74) is -0.251. The molecule has 0 atom stereocenters. The Balaban J connectivity index is 2.73. The number of piperidine rings is 1. The summed E-state index contributed by atoms with van der Waals surface area (Å²) in [5.74, 6) is -0.588. The summed E-state index contributed by atoms with van der Waals surface area (Å²) in [7, 11) is 0. The summed E-state index contributed by atoms with van der Waals surface area (Å²) in [6.07, 6.45) is 3.26. The Morgan fingerprint density at radius 3 is 2.35 bits per heavy atom. The topological polar surface area (TPSA) is 69.6 Å². The van der Waals surface area contributed by atoms with Crippen LogP contribution in [0.5, 0.6) is 0 Å². The molecule has 1 aliphatic heterocycles. The van der Waals surface area contributed by atoms with Gasteiger partial charge in [0.15, 0.2) is 0 Å². The van der Waals surface area contributed by atoms with E-state index in [2.05, 4.69) is 12.2 Å². The van der Waals surface area contributed by atoms with Crippen molar-refractivity contribution in [1.82, 2.24) is 10.2 Å². The van der Waals surface area contributed by atoms with Crippen LogP contribution in [-0.2, 0) is 9.59 Å². The first-order valence-corrected chi connectivity index (χ1v) is 7.66. The van der Waals surface area contributed by atoms with Crippen LogP contribution in [0.1, 0.15) is 52.9 Å². The van der Waals surface area contributed by atoms with Crippen molar-refractivity contribution >= 4 is 11.9 Å². The third-order valence-electron chi connectivity index (χ3n) is 4.36. The van der Waals surface area contributed by atoms with Crippen LogP contribution >= 0.6 is 0 Å². The molecule has 0 aromatic rings. The van der Waals surface area contributed by atoms with Gasteiger partial charge in [-0.15, -0.1) is 0 Å². The number of hydrogen-bond donors (Lipinski definition) is 2. The van der Waals surface area contributed by atoms with Gasteiger partial charge in [0.25, 0.3) is 0 Å². The molecule has 20 heavy (non-hydrogen) atoms. The largest absolute Gasteiger partial charge is 0.481 e. The van der Waals surface area contributed by atoms with E-state index in [9.17, 15) is 9.59 Å². The van der Waals surface area contributed by atoms with E-state index >= 15 is 0 Å². The highest BCUT2D eigenvalue weighted by molar-refractivity contribution is 5.83. The predicted molar refractivity (Wildman–Crippen MR) is 78.5 cm³/mol. The lowest BCUT2D eigenvalue weighted by Crippen LogP contribution is -2.51. The molecule has 116 valence electrons. The molecule has 0 aromatic heterocycles. The van der Waals surface area contributed by atoms with Gasteiger partial charge in [-0.1, -0.05) is 6.92 Å². The van der Waals surface area contributed by atoms with E-state index in [0.29, 0.717) is 13.0 Å². The maximum absolute atomic E-state index is 12.9. The average Bonchev–Trinajstić information content (AvgIpc) is 2.43. The molecule has 2 N–H and O–H groups in total. The van der Waals surface area contributed by atoms with Crippen molar-refractivity contribution in [2.24, 2.45) is 5.41 Å². The zero-order chi connectivity index (χ0) is 15.2. The summed E-state index contributed by atoms with van der Waals surface area (Å²) in [5, 5.41) is 12.0. The lowest BCUT2D eigenvalue weighted by atomic mass is 9.75. The number of nitrogens with one attached hydrogen (secondary N) is 1. The number of nitrogens with zero attached hydrogens (tertiary/aromatic N) is 1. The second-order valence-corrected chi connectivity index (χ2v) is 5.97. The maximum Gasteiger partial charge on any atom is 0.303 e. The predicted octanol–water partition coefficient (Wildman–Crippen LogP) is 1.87. The fourth-order valence-electron chi connectivity index (χ4n) is 2.92. The molecule has 0 bridgehead atoms. The van der Waals surface area contributed by atoms with Gasteiger partial charge in [-0.25, -0.2) is 0 Å². The van der Waals surface area contributed by atoms with Gasteiger partial charge in [0.2, 0.25) is 5.91 Å². The first-order valence-electron chi connectivity index (χ1n) is 7.66. The van der Waals surface area contributed by atoms with Crippen LogP contribution in [0, 0.1) is 5.41 Å². The normalized spacial score (nSPS) is 18.0. The number of carbonyl (C=O) groups excluding carboxylic acids is 1. The number of amides is 1. The van der Waals surface area contributed by atoms with E-state index in [1.807, 2.05) is 18.7 Å². The SMILES string of the molecule is CCC1(C(=O)N(CCCC(=O)O)C(C)C)CCNCC1. The fraction of sp³-hybridized carbons (Fsp3) is 0.867. The minimum absolute atomic E-state index is 0.120. The molecule has 0 unspecified atom stereocenters. The lowest BCUT2D eigenvalue weighted by molar-refractivity contribution is -0.147. The van der Waals surface area contributed by atoms with E-state index < -0.39 is 5.97 Å². The van der Waals surface area contributed by atoms with Crippen LogP contribution in [0.3, 0.4) is 0 Å². The number of carboxylic acid groups (broad SMARTS) is 1. The highest BCUT2D eigenvalue weighted by atomic mass is 16.4. The molecule has 1 rings (SSSR count). The summed E-state index contributed by atoms with van der Waals surface area (Å²) >= 11 is 0. The van der Waals surface area contributed by atoms with Crippen molar-refractivity contribution < 1.29 is 14.7 Å². The molecule has 5 nitrogen and oxygen atoms in total. The average molecular weight is 284 g/mol. The summed E-state index contributed by atoms with van der Waals surface area (Å²) in [6, 6.07) is 0.120. The van der Waals surface area contributed by atoms with E-state index in [-0.39, 0.29) is 23.8 Å². The van der Waals surface area contributed by atoms with Gasteiger partial charge in [-0.3, -0.25) is 9.59 Å². The van der Waals surface area contributed by atoms with Crippen LogP contribution in [0.2, 0.25) is 0 Å². The second kappa shape index (κ2) is 7.62. The monoisotopic (exact) mass is 284 g/mol. The van der Waals surface area contributed by atoms with Gasteiger partial charge in [-0.2, -0.15) is 0 Å². The van der Waals surface area contributed by atoms with Crippen LogP contribution in [0.4, 0.5) is 0 Å². The Labute approximate surface area is 121 Å². The van der Waals surface area contributed by atoms with Crippen LogP contribution in [-0.4, -0.2) is 47.6 Å². The van der Waals surface area contributed by atoms with Crippen LogP contribution in [0.15, 0.2) is 0 Å². The molecule has 0 saturated carbocycles. The molecule has 1 saturated heterocycles. The van der Waals surface area contributed by atoms with Crippen molar-refractivity contribution in [1.29, 1.82) is 0 Å². The third kappa shape index (κ3) is 4.20. The standard InChI is InChI=1S/C15H28N2O3/c1-4-15(7-9-16-10-8-15)14(20)17(12(2)3)11-5-6-13(18)19/h12,16H,4-11H2,1-3H3,(H,18,19). The Morgan fingerprint density at radius 1 is 1.30 bits per heavy atom. The Kier molecular flexibility index (Phi) is 6.46. The first-order chi connectivity index (χ1) is 9.43. The Bertz CT molecular complexity index is 336. The summed E-state index contributed by atoms with van der Waals surface area (Å²) in [4.78, 5) is 25.4. The van der Waals surface area contributed by atoms with Gasteiger partial charge in [-0.05, 0) is 52.6 Å². The molecule has 0 spiro atoms. The Hall–Kier alpha value is -1.10. The van der Waals surface area contributed by atoms with Crippen LogP contribution < -0.4 is 5.32 Å². The molecular weight excluding hydrogens is 256 g/mol. The zero-order valence-electron chi connectivity index (χ0n) is 12.9. The second-order valence-electron chi connectivity index (χ2n) is 5.97. The van der Waals surface area contributed by atoms with E-state index in [1.165, 1.54) is 0 Å². The van der Waals surface area contributed by atoms with Crippen molar-refractivity contribution in [3.8, 4) is 0 Å². The molecule has 1 heterocycles. The van der Waals surface area contributed by atoms with Crippen molar-refractivity contribution in [3.63, 3.8) is 0 Å². The van der Waals surface area contributed by atoms with Gasteiger partial charge < -0.3 is 15.3 Å². The first kappa shape index (κ1) is 17.0. The molecule has 0 radical (unpaired) electrons. The van der Waals surface area contributed by atoms with E-state index in [4.69, 9.17) is 5.11 Å². The Morgan fingerprint density at radius 2 is 1.90 bits per heavy atom. The number of carbonyl (C=O) groups is 2. The summed E-state index contributed by atoms with van der Waals surface area (Å²) in [6.45, 7) is 8.41. The molecular formula is C15H28N2O3. The van der Waals surface area contributed by atoms with Gasteiger partial charge in [0.1, 0.15) is 0 Å². The molecule has 1 amide bonds. The highest BCUT2D eigenvalue weighted by Gasteiger charge is 2.40. The minimum atomic E-state index is -0.798. The number of hydrogen-bond acceptors (Lipinski definition) is 3. The number of rotatable bonds is 7. The maximum atomic E-state index is 12.9. The van der Waals surface area contributed by atoms with Crippen LogP contribution in [0.25, 0.3) is 0 Å². The van der Waals surface area contributed by atoms with E-state index in [0.717, 1.165) is 32.4 Å². The van der Waals surface area contributed by atoms with Crippen molar-refractivity contribution in [2.75, 3.05) is 19.6 Å². The molecule has 5 heteroatoms. The molecule has 0 aromatic carbocycles. The van der Waals surface area contributed by atoms with E-state index in [1.54, 1.807) is 0 Å². The molecule has 0 aliphatic carbocycles. The minimum Gasteiger partial charge on any atom is -0.481 e. The third-order valence-corrected chi connectivity index (χ3v) is 4.36. The van der Waals surface area contributed by atoms with Crippen molar-refractivity contribution in [3.05, 3.63) is 0 Å². The fourth-order valence-corrected chi connectivity index (χ4v) is 2.92. The number of carboxylic acids is 1. The van der Waals surface area contributed by atoms with Gasteiger partial charge in [0, 0.05) is 19.0 Å². The smallest absolute Gasteiger partial charge is 0.303 e. The number of aliphatic carboxylic acids is 1. The quantitative estimate of drug-likeness (QED) is 0.749. The highest BCUT2D eigenvalue weighted by Crippen LogP contribution is 2.35. The molecule has 1 fully saturated rings. The molecule has 1 aliphatic rings. The van der Waals surface area contributed by atoms with Gasteiger partial charge in [0.05, 0.1) is 5.41 Å². The summed E-state index contributed by atoms with van der Waals surface area (Å²) < 4.78 is 0. The van der Waals surface area contributed by atoms with Crippen molar-refractivity contribution in [2.45, 2.75) is 58.9 Å². The lowest BCUT2D eigenvalue weighted by Gasteiger charge is -2.41. The zero-order valence-corrected chi connectivity index (χ0v) is 12.9.